The van der Waals surface area contributed by atoms with Crippen molar-refractivity contribution < 1.29 is 22.4 Å². The van der Waals surface area contributed by atoms with Crippen molar-refractivity contribution in [3.8, 4) is 5.69 Å². The van der Waals surface area contributed by atoms with Crippen LogP contribution in [0, 0.1) is 5.82 Å². The Morgan fingerprint density at radius 2 is 1.69 bits per heavy atom. The zero-order valence-electron chi connectivity index (χ0n) is 16.0. The zero-order valence-corrected chi connectivity index (χ0v) is 17.6. The molecule has 0 saturated heterocycles. The van der Waals surface area contributed by atoms with Crippen molar-refractivity contribution in [1.82, 2.24) is 9.24 Å². The highest BCUT2D eigenvalue weighted by Gasteiger charge is 2.36. The van der Waals surface area contributed by atoms with Crippen LogP contribution in [0.1, 0.15) is 33.4 Å². The van der Waals surface area contributed by atoms with E-state index in [1.54, 1.807) is 0 Å². The van der Waals surface area contributed by atoms with Gasteiger partial charge in [-0.25, -0.2) is 18.4 Å². The molecule has 6 nitrogen and oxygen atoms in total. The fraction of sp³-hybridized carbons (Fsp3) is 0.353. The predicted octanol–water partition coefficient (Wildman–Crippen LogP) is 3.87. The standard InChI is InChI=1S/C13H8ClF4N3O3S.2C2H6/c14-6-3-7(15)8(4-9(6)25-2-1-22)20-11(23)5-10(13(16,17)18)21(19)12(20)24;2*1-2/h1,3-5H,2,19H2;2*1-2H3. The molecule has 0 aliphatic rings. The van der Waals surface area contributed by atoms with Gasteiger partial charge in [0, 0.05) is 11.0 Å². The van der Waals surface area contributed by atoms with E-state index in [2.05, 4.69) is 0 Å². The monoisotopic (exact) mass is 457 g/mol. The summed E-state index contributed by atoms with van der Waals surface area (Å²) in [5.74, 6) is 3.93. The van der Waals surface area contributed by atoms with Crippen LogP contribution in [0.15, 0.2) is 32.7 Å². The number of thioether (sulfide) groups is 1. The molecule has 29 heavy (non-hydrogen) atoms. The van der Waals surface area contributed by atoms with Gasteiger partial charge >= 0.3 is 11.9 Å². The molecule has 12 heteroatoms. The molecule has 0 radical (unpaired) electrons. The van der Waals surface area contributed by atoms with Crippen molar-refractivity contribution in [3.63, 3.8) is 0 Å². The van der Waals surface area contributed by atoms with E-state index >= 15 is 0 Å². The molecule has 0 spiro atoms. The number of rotatable bonds is 4. The third-order valence-corrected chi connectivity index (χ3v) is 4.35. The van der Waals surface area contributed by atoms with Crippen LogP contribution in [0.4, 0.5) is 17.6 Å². The normalized spacial score (nSPS) is 10.4. The third kappa shape index (κ3) is 6.36. The first-order chi connectivity index (χ1) is 13.6. The summed E-state index contributed by atoms with van der Waals surface area (Å²) >= 11 is 6.69. The lowest BCUT2D eigenvalue weighted by Gasteiger charge is -2.14. The van der Waals surface area contributed by atoms with Gasteiger partial charge in [-0.3, -0.25) is 4.79 Å². The van der Waals surface area contributed by atoms with Crippen molar-refractivity contribution in [2.24, 2.45) is 0 Å². The Morgan fingerprint density at radius 3 is 2.17 bits per heavy atom. The van der Waals surface area contributed by atoms with Crippen LogP contribution in [0.3, 0.4) is 0 Å². The van der Waals surface area contributed by atoms with Crippen molar-refractivity contribution in [2.45, 2.75) is 38.8 Å². The number of alkyl halides is 3. The first-order valence-electron chi connectivity index (χ1n) is 8.35. The number of nitrogens with zero attached hydrogens (tertiary/aromatic N) is 2. The van der Waals surface area contributed by atoms with Gasteiger partial charge in [0.1, 0.15) is 12.1 Å². The summed E-state index contributed by atoms with van der Waals surface area (Å²) in [4.78, 5) is 34.6. The molecular weight excluding hydrogens is 438 g/mol. The van der Waals surface area contributed by atoms with Crippen LogP contribution in [0.5, 0.6) is 0 Å². The van der Waals surface area contributed by atoms with E-state index in [0.717, 1.165) is 23.9 Å². The quantitative estimate of drug-likeness (QED) is 0.326. The molecule has 1 aromatic heterocycles. The van der Waals surface area contributed by atoms with Crippen LogP contribution in [0.25, 0.3) is 5.69 Å². The number of carbonyl (C=O) groups is 1. The van der Waals surface area contributed by atoms with E-state index in [4.69, 9.17) is 17.4 Å². The van der Waals surface area contributed by atoms with Gasteiger partial charge < -0.3 is 10.6 Å². The minimum atomic E-state index is -5.05. The molecule has 2 aromatic rings. The lowest BCUT2D eigenvalue weighted by atomic mass is 10.3. The van der Waals surface area contributed by atoms with Gasteiger partial charge in [0.2, 0.25) is 0 Å². The summed E-state index contributed by atoms with van der Waals surface area (Å²) < 4.78 is 52.3. The second kappa shape index (κ2) is 11.7. The minimum Gasteiger partial charge on any atom is -0.335 e. The van der Waals surface area contributed by atoms with E-state index in [-0.39, 0.29) is 31.0 Å². The fourth-order valence-electron chi connectivity index (χ4n) is 1.92. The molecule has 0 unspecified atom stereocenters. The van der Waals surface area contributed by atoms with Gasteiger partial charge in [-0.05, 0) is 12.1 Å². The van der Waals surface area contributed by atoms with E-state index < -0.39 is 34.6 Å². The number of carbonyl (C=O) groups excluding carboxylic acids is 1. The SMILES string of the molecule is CC.CC.Nn1c(C(F)(F)F)cc(=O)n(-c2cc(SCC=O)c(Cl)cc2F)c1=O. The highest BCUT2D eigenvalue weighted by atomic mass is 35.5. The van der Waals surface area contributed by atoms with E-state index in [0.29, 0.717) is 6.29 Å². The molecule has 0 aliphatic heterocycles. The van der Waals surface area contributed by atoms with Crippen LogP contribution in [-0.4, -0.2) is 21.3 Å². The summed E-state index contributed by atoms with van der Waals surface area (Å²) in [5, 5.41) is -0.0962. The van der Waals surface area contributed by atoms with E-state index in [1.807, 2.05) is 27.7 Å². The predicted molar refractivity (Wildman–Crippen MR) is 106 cm³/mol. The van der Waals surface area contributed by atoms with Gasteiger partial charge in [-0.1, -0.05) is 39.3 Å². The molecule has 2 N–H and O–H groups in total. The average Bonchev–Trinajstić information content (AvgIpc) is 2.67. The highest BCUT2D eigenvalue weighted by Crippen LogP contribution is 2.31. The Hall–Kier alpha value is -2.27. The molecule has 0 fully saturated rings. The molecule has 0 saturated carbocycles. The fourth-order valence-corrected chi connectivity index (χ4v) is 2.87. The summed E-state index contributed by atoms with van der Waals surface area (Å²) in [6.45, 7) is 8.00. The number of hydrogen-bond acceptors (Lipinski definition) is 5. The maximum Gasteiger partial charge on any atom is 0.433 e. The third-order valence-electron chi connectivity index (χ3n) is 2.98. The van der Waals surface area contributed by atoms with Crippen molar-refractivity contribution >= 4 is 29.6 Å². The second-order valence-electron chi connectivity index (χ2n) is 4.57. The molecular formula is C17H20ClF4N3O3S. The Labute approximate surface area is 173 Å². The van der Waals surface area contributed by atoms with Crippen LogP contribution in [-0.2, 0) is 11.0 Å². The van der Waals surface area contributed by atoms with Crippen molar-refractivity contribution in [1.29, 1.82) is 0 Å². The van der Waals surface area contributed by atoms with Gasteiger partial charge in [0.05, 0.1) is 16.5 Å². The lowest BCUT2D eigenvalue weighted by molar-refractivity contribution is -0.143. The number of nitrogen functional groups attached to an aromatic ring is 1. The highest BCUT2D eigenvalue weighted by molar-refractivity contribution is 8.00. The van der Waals surface area contributed by atoms with Gasteiger partial charge in [0.15, 0.2) is 5.69 Å². The van der Waals surface area contributed by atoms with Crippen molar-refractivity contribution in [2.75, 3.05) is 11.6 Å². The number of hydrogen-bond donors (Lipinski definition) is 1. The van der Waals surface area contributed by atoms with E-state index in [9.17, 15) is 31.9 Å². The van der Waals surface area contributed by atoms with E-state index in [1.165, 1.54) is 0 Å². The number of aromatic nitrogens is 2. The minimum absolute atomic E-state index is 0.0478. The molecule has 1 aromatic carbocycles. The molecule has 0 atom stereocenters. The smallest absolute Gasteiger partial charge is 0.335 e. The summed E-state index contributed by atoms with van der Waals surface area (Å²) in [7, 11) is 0. The number of benzene rings is 1. The summed E-state index contributed by atoms with van der Waals surface area (Å²) in [6.07, 6.45) is -4.50. The number of halogens is 5. The largest absolute Gasteiger partial charge is 0.433 e. The first kappa shape index (κ1) is 26.7. The van der Waals surface area contributed by atoms with Gasteiger partial charge in [0.25, 0.3) is 5.56 Å². The molecule has 2 rings (SSSR count). The number of aldehydes is 1. The second-order valence-corrected chi connectivity index (χ2v) is 6.03. The number of nitrogens with two attached hydrogens (primary N) is 1. The molecule has 0 bridgehead atoms. The van der Waals surface area contributed by atoms with Gasteiger partial charge in [-0.15, -0.1) is 11.8 Å². The Morgan fingerprint density at radius 1 is 1.14 bits per heavy atom. The zero-order chi connectivity index (χ0) is 22.9. The molecule has 1 heterocycles. The molecule has 0 aliphatic carbocycles. The average molecular weight is 458 g/mol. The maximum absolute atomic E-state index is 14.1. The van der Waals surface area contributed by atoms with Crippen LogP contribution >= 0.6 is 23.4 Å². The first-order valence-corrected chi connectivity index (χ1v) is 9.71. The Balaban J connectivity index is 0.00000184. The van der Waals surface area contributed by atoms with Gasteiger partial charge in [-0.2, -0.15) is 13.2 Å². The Kier molecular flexibility index (Phi) is 10.8. The Bertz CT molecular complexity index is 959. The topological polar surface area (TPSA) is 87.1 Å². The van der Waals surface area contributed by atoms with Crippen LogP contribution in [0.2, 0.25) is 5.02 Å². The molecule has 0 amide bonds. The van der Waals surface area contributed by atoms with Crippen molar-refractivity contribution in [3.05, 3.63) is 55.6 Å². The summed E-state index contributed by atoms with van der Waals surface area (Å²) in [5.41, 5.74) is -5.33. The van der Waals surface area contributed by atoms with Crippen LogP contribution < -0.4 is 17.1 Å². The maximum atomic E-state index is 14.1. The summed E-state index contributed by atoms with van der Waals surface area (Å²) in [6, 6.07) is 1.82. The lowest BCUT2D eigenvalue weighted by Crippen LogP contribution is -2.45. The molecule has 162 valence electrons.